The van der Waals surface area contributed by atoms with E-state index in [-0.39, 0.29) is 54.7 Å². The van der Waals surface area contributed by atoms with Gasteiger partial charge in [0.2, 0.25) is 29.5 Å². The molecule has 0 saturated carbocycles. The second-order valence-electron chi connectivity index (χ2n) is 10.1. The fourth-order valence-electron chi connectivity index (χ4n) is 4.14. The number of nitrogens with zero attached hydrogens (tertiary/aromatic N) is 1. The van der Waals surface area contributed by atoms with Crippen molar-refractivity contribution in [3.8, 4) is 0 Å². The largest absolute Gasteiger partial charge is 0.345 e. The lowest BCUT2D eigenvalue weighted by Crippen LogP contribution is -2.55. The molecular formula is C25H43N5O6. The quantitative estimate of drug-likeness (QED) is 0.172. The number of likely N-dealkylation sites (tertiary alicyclic amines) is 1. The molecule has 0 bridgehead atoms. The topological polar surface area (TPSA) is 154 Å². The Morgan fingerprint density at radius 3 is 2.00 bits per heavy atom. The van der Waals surface area contributed by atoms with Crippen LogP contribution < -0.4 is 21.3 Å². The molecule has 0 aliphatic carbocycles. The van der Waals surface area contributed by atoms with E-state index in [9.17, 15) is 28.8 Å². The third-order valence-electron chi connectivity index (χ3n) is 6.13. The van der Waals surface area contributed by atoms with Gasteiger partial charge >= 0.3 is 0 Å². The molecule has 4 N–H and O–H groups in total. The number of nitrogens with one attached hydrogen (secondary N) is 4. The summed E-state index contributed by atoms with van der Waals surface area (Å²) in [7, 11) is 1.68. The fourth-order valence-corrected chi connectivity index (χ4v) is 4.14. The van der Waals surface area contributed by atoms with E-state index < -0.39 is 29.9 Å². The highest BCUT2D eigenvalue weighted by Gasteiger charge is 2.29. The predicted octanol–water partition coefficient (Wildman–Crippen LogP) is 0.271. The van der Waals surface area contributed by atoms with Crippen LogP contribution in [0.5, 0.6) is 0 Å². The first kappa shape index (κ1) is 31.2. The van der Waals surface area contributed by atoms with E-state index in [1.807, 2.05) is 27.7 Å². The maximum Gasteiger partial charge on any atom is 0.243 e. The van der Waals surface area contributed by atoms with Crippen LogP contribution in [0.4, 0.5) is 0 Å². The molecule has 0 radical (unpaired) electrons. The molecule has 1 fully saturated rings. The van der Waals surface area contributed by atoms with Gasteiger partial charge in [0.05, 0.1) is 18.6 Å². The number of carbonyl (C=O) groups excluding carboxylic acids is 6. The van der Waals surface area contributed by atoms with Gasteiger partial charge in [-0.3, -0.25) is 33.7 Å². The number of likely N-dealkylation sites (N-methyl/N-ethyl adjacent to an activating group) is 1. The monoisotopic (exact) mass is 509 g/mol. The number of rotatable bonds is 16. The molecule has 11 nitrogen and oxygen atoms in total. The van der Waals surface area contributed by atoms with Crippen molar-refractivity contribution in [2.45, 2.75) is 91.3 Å². The van der Waals surface area contributed by atoms with Crippen LogP contribution in [0.2, 0.25) is 0 Å². The van der Waals surface area contributed by atoms with Crippen LogP contribution in [-0.4, -0.2) is 78.5 Å². The Morgan fingerprint density at radius 1 is 0.889 bits per heavy atom. The van der Waals surface area contributed by atoms with Gasteiger partial charge in [0.25, 0.3) is 0 Å². The number of imide groups is 1. The van der Waals surface area contributed by atoms with Gasteiger partial charge in [-0.05, 0) is 51.5 Å². The molecule has 1 heterocycles. The van der Waals surface area contributed by atoms with E-state index in [1.165, 1.54) is 11.8 Å². The zero-order chi connectivity index (χ0) is 27.4. The Morgan fingerprint density at radius 2 is 1.50 bits per heavy atom. The minimum Gasteiger partial charge on any atom is -0.345 e. The maximum absolute atomic E-state index is 12.8. The van der Waals surface area contributed by atoms with Crippen molar-refractivity contribution < 1.29 is 28.8 Å². The van der Waals surface area contributed by atoms with Gasteiger partial charge in [-0.15, -0.1) is 0 Å². The van der Waals surface area contributed by atoms with E-state index >= 15 is 0 Å². The summed E-state index contributed by atoms with van der Waals surface area (Å²) >= 11 is 0. The lowest BCUT2D eigenvalue weighted by Gasteiger charge is -2.25. The van der Waals surface area contributed by atoms with Gasteiger partial charge in [0.15, 0.2) is 5.78 Å². The van der Waals surface area contributed by atoms with Gasteiger partial charge in [-0.2, -0.15) is 0 Å². The smallest absolute Gasteiger partial charge is 0.243 e. The number of hydrogen-bond acceptors (Lipinski definition) is 7. The summed E-state index contributed by atoms with van der Waals surface area (Å²) in [4.78, 5) is 74.4. The van der Waals surface area contributed by atoms with Gasteiger partial charge in [-0.25, -0.2) is 0 Å². The Labute approximate surface area is 213 Å². The number of amides is 5. The lowest BCUT2D eigenvalue weighted by molar-refractivity contribution is -0.138. The van der Waals surface area contributed by atoms with Gasteiger partial charge < -0.3 is 21.3 Å². The average Bonchev–Trinajstić information content (AvgIpc) is 3.10. The van der Waals surface area contributed by atoms with Crippen LogP contribution in [-0.2, 0) is 28.8 Å². The molecule has 1 saturated heterocycles. The SMILES string of the molecule is CNC(C(=O)NC(CC(C)C)C(=O)NCC(=O)NC(CCCCN1C(=O)CCC1=O)C(C)=O)C(C)C. The molecule has 1 aliphatic heterocycles. The van der Waals surface area contributed by atoms with E-state index in [4.69, 9.17) is 0 Å². The van der Waals surface area contributed by atoms with Crippen molar-refractivity contribution in [2.24, 2.45) is 11.8 Å². The van der Waals surface area contributed by atoms with Crippen LogP contribution in [0.25, 0.3) is 0 Å². The van der Waals surface area contributed by atoms with E-state index in [0.717, 1.165) is 0 Å². The van der Waals surface area contributed by atoms with E-state index in [2.05, 4.69) is 21.3 Å². The molecular weight excluding hydrogens is 466 g/mol. The highest BCUT2D eigenvalue weighted by Crippen LogP contribution is 2.13. The molecule has 0 spiro atoms. The standard InChI is InChI=1S/C25H43N5O6/c1-15(2)13-19(29-25(36)23(26-6)16(3)4)24(35)27-14-20(32)28-18(17(5)31)9-7-8-12-30-21(33)10-11-22(30)34/h15-16,18-19,23,26H,7-14H2,1-6H3,(H,27,35)(H,28,32)(H,29,36). The van der Waals surface area contributed by atoms with Crippen molar-refractivity contribution in [1.82, 2.24) is 26.2 Å². The predicted molar refractivity (Wildman–Crippen MR) is 134 cm³/mol. The molecule has 1 aliphatic rings. The lowest BCUT2D eigenvalue weighted by atomic mass is 10.00. The normalized spacial score (nSPS) is 16.2. The zero-order valence-electron chi connectivity index (χ0n) is 22.4. The highest BCUT2D eigenvalue weighted by molar-refractivity contribution is 6.01. The number of Topliss-reactive ketones (excluding diaryl/α,β-unsaturated/α-hetero) is 1. The van der Waals surface area contributed by atoms with Gasteiger partial charge in [-0.1, -0.05) is 27.7 Å². The Balaban J connectivity index is 2.56. The number of carbonyl (C=O) groups is 6. The molecule has 1 rings (SSSR count). The molecule has 0 aromatic rings. The first-order chi connectivity index (χ1) is 16.9. The van der Waals surface area contributed by atoms with Gasteiger partial charge in [0, 0.05) is 19.4 Å². The van der Waals surface area contributed by atoms with Crippen molar-refractivity contribution in [2.75, 3.05) is 20.1 Å². The summed E-state index contributed by atoms with van der Waals surface area (Å²) in [5, 5.41) is 10.9. The number of ketones is 1. The molecule has 0 aromatic carbocycles. The minimum atomic E-state index is -0.792. The molecule has 204 valence electrons. The first-order valence-corrected chi connectivity index (χ1v) is 12.8. The molecule has 3 atom stereocenters. The first-order valence-electron chi connectivity index (χ1n) is 12.8. The van der Waals surface area contributed by atoms with E-state index in [0.29, 0.717) is 32.2 Å². The maximum atomic E-state index is 12.8. The van der Waals surface area contributed by atoms with Crippen LogP contribution in [0.3, 0.4) is 0 Å². The van der Waals surface area contributed by atoms with Crippen molar-refractivity contribution in [3.05, 3.63) is 0 Å². The molecule has 5 amide bonds. The molecule has 36 heavy (non-hydrogen) atoms. The molecule has 11 heteroatoms. The summed E-state index contributed by atoms with van der Waals surface area (Å²) in [5.41, 5.74) is 0. The van der Waals surface area contributed by atoms with E-state index in [1.54, 1.807) is 7.05 Å². The Kier molecular flexibility index (Phi) is 13.3. The van der Waals surface area contributed by atoms with Crippen LogP contribution >= 0.6 is 0 Å². The van der Waals surface area contributed by atoms with Gasteiger partial charge in [0.1, 0.15) is 6.04 Å². The third kappa shape index (κ3) is 10.4. The molecule has 0 aromatic heterocycles. The summed E-state index contributed by atoms with van der Waals surface area (Å²) in [6, 6.07) is -1.97. The third-order valence-corrected chi connectivity index (χ3v) is 6.13. The second-order valence-corrected chi connectivity index (χ2v) is 10.1. The fraction of sp³-hybridized carbons (Fsp3) is 0.760. The van der Waals surface area contributed by atoms with Crippen LogP contribution in [0, 0.1) is 11.8 Å². The minimum absolute atomic E-state index is 0.0309. The van der Waals surface area contributed by atoms with Crippen LogP contribution in [0.15, 0.2) is 0 Å². The average molecular weight is 510 g/mol. The van der Waals surface area contributed by atoms with Crippen molar-refractivity contribution in [3.63, 3.8) is 0 Å². The summed E-state index contributed by atoms with van der Waals surface area (Å²) in [6.07, 6.45) is 2.33. The number of hydrogen-bond donors (Lipinski definition) is 4. The Hall–Kier alpha value is -2.82. The highest BCUT2D eigenvalue weighted by atomic mass is 16.2. The summed E-state index contributed by atoms with van der Waals surface area (Å²) in [6.45, 7) is 9.02. The molecule has 3 unspecified atom stereocenters. The Bertz CT molecular complexity index is 797. The van der Waals surface area contributed by atoms with Crippen molar-refractivity contribution in [1.29, 1.82) is 0 Å². The van der Waals surface area contributed by atoms with Crippen molar-refractivity contribution >= 4 is 35.3 Å². The second kappa shape index (κ2) is 15.3. The summed E-state index contributed by atoms with van der Waals surface area (Å²) in [5.74, 6) is -1.68. The zero-order valence-corrected chi connectivity index (χ0v) is 22.4. The van der Waals surface area contributed by atoms with Crippen LogP contribution in [0.1, 0.15) is 73.1 Å². The summed E-state index contributed by atoms with van der Waals surface area (Å²) < 4.78 is 0. The number of unbranched alkanes of at least 4 members (excludes halogenated alkanes) is 1.